The molecule has 0 aliphatic heterocycles. The maximum atomic E-state index is 13.5. The number of carbonyl (C=O) groups excluding carboxylic acids is 1. The van der Waals surface area contributed by atoms with Gasteiger partial charge in [0.05, 0.1) is 5.02 Å². The Morgan fingerprint density at radius 1 is 1.17 bits per heavy atom. The van der Waals surface area contributed by atoms with E-state index in [0.717, 1.165) is 18.2 Å². The molecule has 0 atom stereocenters. The second-order valence-electron chi connectivity index (χ2n) is 5.12. The Bertz CT molecular complexity index is 827. The summed E-state index contributed by atoms with van der Waals surface area (Å²) in [5, 5.41) is 9.35. The van der Waals surface area contributed by atoms with Crippen LogP contribution in [0.3, 0.4) is 0 Å². The Hall–Kier alpha value is -1.98. The molecule has 0 fully saturated rings. The van der Waals surface area contributed by atoms with E-state index in [9.17, 15) is 23.1 Å². The maximum Gasteiger partial charge on any atom is 0.270 e. The van der Waals surface area contributed by atoms with E-state index in [1.54, 1.807) is 0 Å². The number of alkyl halides is 2. The quantitative estimate of drug-likeness (QED) is 0.538. The molecule has 2 aromatic rings. The van der Waals surface area contributed by atoms with Gasteiger partial charge < -0.3 is 5.11 Å². The summed E-state index contributed by atoms with van der Waals surface area (Å²) in [6, 6.07) is 5.19. The van der Waals surface area contributed by atoms with Gasteiger partial charge in [-0.05, 0) is 48.0 Å². The summed E-state index contributed by atoms with van der Waals surface area (Å²) in [6.45, 7) is 0.615. The fourth-order valence-electron chi connectivity index (χ4n) is 1.93. The van der Waals surface area contributed by atoms with Gasteiger partial charge in [-0.15, -0.1) is 0 Å². The van der Waals surface area contributed by atoms with Crippen molar-refractivity contribution in [1.82, 2.24) is 0 Å². The molecule has 0 saturated carbocycles. The van der Waals surface area contributed by atoms with Crippen LogP contribution in [0.5, 0.6) is 5.75 Å². The van der Waals surface area contributed by atoms with Crippen molar-refractivity contribution < 1.29 is 23.1 Å². The van der Waals surface area contributed by atoms with Gasteiger partial charge in [0, 0.05) is 18.1 Å². The number of carbonyl (C=O) groups is 1. The standard InChI is InChI=1S/C17H11Cl2F3O2/c1-17(21,22)11-6-10(7-12(20)8-11)13(23)4-2-9-3-5-14(24)16(19)15(9)18/h2-8,24H,1H3/b4-2+. The van der Waals surface area contributed by atoms with Crippen molar-refractivity contribution in [1.29, 1.82) is 0 Å². The van der Waals surface area contributed by atoms with Crippen molar-refractivity contribution in [2.24, 2.45) is 0 Å². The summed E-state index contributed by atoms with van der Waals surface area (Å²) >= 11 is 11.7. The second-order valence-corrected chi connectivity index (χ2v) is 5.87. The first-order valence-electron chi connectivity index (χ1n) is 6.68. The Kier molecular flexibility index (Phi) is 5.26. The van der Waals surface area contributed by atoms with Gasteiger partial charge in [-0.1, -0.05) is 23.2 Å². The first-order valence-corrected chi connectivity index (χ1v) is 7.43. The third-order valence-electron chi connectivity index (χ3n) is 3.20. The lowest BCUT2D eigenvalue weighted by molar-refractivity contribution is 0.0171. The molecule has 126 valence electrons. The third-order valence-corrected chi connectivity index (χ3v) is 4.08. The van der Waals surface area contributed by atoms with E-state index in [1.807, 2.05) is 0 Å². The maximum absolute atomic E-state index is 13.5. The van der Waals surface area contributed by atoms with Crippen LogP contribution in [-0.2, 0) is 5.92 Å². The number of hydrogen-bond donors (Lipinski definition) is 1. The number of benzene rings is 2. The van der Waals surface area contributed by atoms with Crippen LogP contribution in [-0.4, -0.2) is 10.9 Å². The third kappa shape index (κ3) is 4.10. The molecular formula is C17H11Cl2F3O2. The molecular weight excluding hydrogens is 364 g/mol. The van der Waals surface area contributed by atoms with Gasteiger partial charge in [0.15, 0.2) is 5.78 Å². The van der Waals surface area contributed by atoms with E-state index in [1.165, 1.54) is 18.2 Å². The summed E-state index contributed by atoms with van der Waals surface area (Å²) in [5.41, 5.74) is -0.473. The van der Waals surface area contributed by atoms with Crippen molar-refractivity contribution in [3.05, 3.63) is 69.0 Å². The normalized spacial score (nSPS) is 11.9. The van der Waals surface area contributed by atoms with Crippen LogP contribution in [0.15, 0.2) is 36.4 Å². The van der Waals surface area contributed by atoms with E-state index < -0.39 is 23.1 Å². The van der Waals surface area contributed by atoms with Gasteiger partial charge in [0.2, 0.25) is 0 Å². The summed E-state index contributed by atoms with van der Waals surface area (Å²) in [6.07, 6.45) is 2.35. The molecule has 0 aliphatic rings. The molecule has 7 heteroatoms. The van der Waals surface area contributed by atoms with Crippen LogP contribution >= 0.6 is 23.2 Å². The molecule has 2 aromatic carbocycles. The molecule has 1 N–H and O–H groups in total. The summed E-state index contributed by atoms with van der Waals surface area (Å²) in [5.74, 6) is -5.10. The van der Waals surface area contributed by atoms with Crippen molar-refractivity contribution in [3.63, 3.8) is 0 Å². The average molecular weight is 375 g/mol. The van der Waals surface area contributed by atoms with Crippen LogP contribution in [0.25, 0.3) is 6.08 Å². The van der Waals surface area contributed by atoms with Gasteiger partial charge >= 0.3 is 0 Å². The van der Waals surface area contributed by atoms with Crippen molar-refractivity contribution in [2.75, 3.05) is 0 Å². The van der Waals surface area contributed by atoms with Gasteiger partial charge in [0.25, 0.3) is 5.92 Å². The Morgan fingerprint density at radius 3 is 2.46 bits per heavy atom. The SMILES string of the molecule is CC(F)(F)c1cc(F)cc(C(=O)/C=C/c2ccc(O)c(Cl)c2Cl)c1. The number of allylic oxidation sites excluding steroid dienone is 1. The van der Waals surface area contributed by atoms with Gasteiger partial charge in [0.1, 0.15) is 16.6 Å². The number of halogens is 5. The Labute approximate surface area is 146 Å². The van der Waals surface area contributed by atoms with E-state index in [0.29, 0.717) is 18.6 Å². The highest BCUT2D eigenvalue weighted by molar-refractivity contribution is 6.43. The highest BCUT2D eigenvalue weighted by Gasteiger charge is 2.26. The predicted octanol–water partition coefficient (Wildman–Crippen LogP) is 5.85. The molecule has 0 aliphatic carbocycles. The van der Waals surface area contributed by atoms with Crippen molar-refractivity contribution in [2.45, 2.75) is 12.8 Å². The Morgan fingerprint density at radius 2 is 1.83 bits per heavy atom. The lowest BCUT2D eigenvalue weighted by Gasteiger charge is -2.11. The largest absolute Gasteiger partial charge is 0.506 e. The summed E-state index contributed by atoms with van der Waals surface area (Å²) in [4.78, 5) is 12.1. The highest BCUT2D eigenvalue weighted by atomic mass is 35.5. The average Bonchev–Trinajstić information content (AvgIpc) is 2.50. The minimum absolute atomic E-state index is 0.0285. The van der Waals surface area contributed by atoms with Crippen LogP contribution in [0, 0.1) is 5.82 Å². The van der Waals surface area contributed by atoms with E-state index in [4.69, 9.17) is 23.2 Å². The fraction of sp³-hybridized carbons (Fsp3) is 0.118. The van der Waals surface area contributed by atoms with Gasteiger partial charge in [-0.2, -0.15) is 0 Å². The topological polar surface area (TPSA) is 37.3 Å². The predicted molar refractivity (Wildman–Crippen MR) is 87.5 cm³/mol. The monoisotopic (exact) mass is 374 g/mol. The minimum atomic E-state index is -3.27. The summed E-state index contributed by atoms with van der Waals surface area (Å²) in [7, 11) is 0. The molecule has 0 amide bonds. The number of rotatable bonds is 4. The molecule has 24 heavy (non-hydrogen) atoms. The van der Waals surface area contributed by atoms with E-state index >= 15 is 0 Å². The molecule has 0 radical (unpaired) electrons. The van der Waals surface area contributed by atoms with Crippen LogP contribution in [0.1, 0.15) is 28.4 Å². The van der Waals surface area contributed by atoms with Gasteiger partial charge in [-0.3, -0.25) is 4.79 Å². The lowest BCUT2D eigenvalue weighted by Crippen LogP contribution is -2.09. The minimum Gasteiger partial charge on any atom is -0.506 e. The number of ketones is 1. The first kappa shape index (κ1) is 18.4. The molecule has 0 unspecified atom stereocenters. The molecule has 0 saturated heterocycles. The van der Waals surface area contributed by atoms with Gasteiger partial charge in [-0.25, -0.2) is 13.2 Å². The van der Waals surface area contributed by atoms with Crippen LogP contribution in [0.4, 0.5) is 13.2 Å². The lowest BCUT2D eigenvalue weighted by atomic mass is 10.0. The summed E-state index contributed by atoms with van der Waals surface area (Å²) < 4.78 is 40.1. The zero-order valence-corrected chi connectivity index (χ0v) is 13.8. The second kappa shape index (κ2) is 6.87. The number of phenols is 1. The molecule has 0 aromatic heterocycles. The van der Waals surface area contributed by atoms with Crippen LogP contribution in [0.2, 0.25) is 10.0 Å². The first-order chi connectivity index (χ1) is 11.1. The van der Waals surface area contributed by atoms with Crippen molar-refractivity contribution >= 4 is 35.1 Å². The highest BCUT2D eigenvalue weighted by Crippen LogP contribution is 2.34. The molecule has 0 spiro atoms. The van der Waals surface area contributed by atoms with Crippen LogP contribution < -0.4 is 0 Å². The molecule has 2 nitrogen and oxygen atoms in total. The Balaban J connectivity index is 2.34. The van der Waals surface area contributed by atoms with E-state index in [2.05, 4.69) is 0 Å². The number of phenolic OH excluding ortho intramolecular Hbond substituents is 1. The number of hydrogen-bond acceptors (Lipinski definition) is 2. The van der Waals surface area contributed by atoms with Crippen molar-refractivity contribution in [3.8, 4) is 5.75 Å². The fourth-order valence-corrected chi connectivity index (χ4v) is 2.32. The van der Waals surface area contributed by atoms with E-state index in [-0.39, 0.29) is 21.4 Å². The zero-order valence-electron chi connectivity index (χ0n) is 12.3. The zero-order chi connectivity index (χ0) is 18.1. The molecule has 2 rings (SSSR count). The molecule has 0 heterocycles. The smallest absolute Gasteiger partial charge is 0.270 e. The molecule has 0 bridgehead atoms. The number of aromatic hydroxyl groups is 1.